The summed E-state index contributed by atoms with van der Waals surface area (Å²) in [5.74, 6) is 0. The predicted molar refractivity (Wildman–Crippen MR) is 95.9 cm³/mol. The van der Waals surface area contributed by atoms with Crippen LogP contribution in [0.1, 0.15) is 49.6 Å². The molecule has 1 aromatic heterocycles. The second-order valence-electron chi connectivity index (χ2n) is 7.60. The fourth-order valence-electron chi connectivity index (χ4n) is 3.19. The summed E-state index contributed by atoms with van der Waals surface area (Å²) >= 11 is 0. The van der Waals surface area contributed by atoms with E-state index in [1.807, 2.05) is 0 Å². The Labute approximate surface area is 155 Å². The third kappa shape index (κ3) is 4.20. The average molecular weight is 379 g/mol. The molecule has 6 nitrogen and oxygen atoms in total. The van der Waals surface area contributed by atoms with Crippen LogP contribution in [0.15, 0.2) is 29.1 Å². The molecule has 0 atom stereocenters. The summed E-state index contributed by atoms with van der Waals surface area (Å²) in [6.07, 6.45) is -2.60. The van der Waals surface area contributed by atoms with E-state index in [4.69, 9.17) is 4.74 Å². The molecule has 8 heteroatoms. The Bertz CT molecular complexity index is 896. The fraction of sp³-hybridized carbons (Fsp3) is 0.474. The van der Waals surface area contributed by atoms with Gasteiger partial charge in [0.2, 0.25) is 0 Å². The van der Waals surface area contributed by atoms with Crippen LogP contribution in [0, 0.1) is 0 Å². The molecule has 1 amide bonds. The highest BCUT2D eigenvalue weighted by Crippen LogP contribution is 2.25. The minimum atomic E-state index is -2.58. The average Bonchev–Trinajstić information content (AvgIpc) is 2.89. The third-order valence-corrected chi connectivity index (χ3v) is 4.42. The first-order chi connectivity index (χ1) is 12.7. The lowest BCUT2D eigenvalue weighted by atomic mass is 10.1. The van der Waals surface area contributed by atoms with Gasteiger partial charge in [-0.25, -0.2) is 13.6 Å². The van der Waals surface area contributed by atoms with Gasteiger partial charge in [0.15, 0.2) is 0 Å². The number of alkyl halides is 2. The molecule has 2 aromatic rings. The molecule has 1 aliphatic rings. The lowest BCUT2D eigenvalue weighted by Gasteiger charge is -2.30. The highest BCUT2D eigenvalue weighted by atomic mass is 19.3. The topological polar surface area (TPSA) is 67.3 Å². The Morgan fingerprint density at radius 2 is 2.00 bits per heavy atom. The number of carbonyl (C=O) groups excluding carboxylic acids is 1. The van der Waals surface area contributed by atoms with Crippen molar-refractivity contribution in [2.45, 2.75) is 52.3 Å². The maximum absolute atomic E-state index is 13.2. The van der Waals surface area contributed by atoms with Crippen molar-refractivity contribution in [3.05, 3.63) is 57.0 Å². The van der Waals surface area contributed by atoms with Crippen LogP contribution < -0.4 is 5.56 Å². The van der Waals surface area contributed by atoms with Crippen LogP contribution in [0.5, 0.6) is 0 Å². The Balaban J connectivity index is 1.83. The first-order valence-electron chi connectivity index (χ1n) is 8.80. The Kier molecular flexibility index (Phi) is 5.08. The van der Waals surface area contributed by atoms with Crippen molar-refractivity contribution in [2.24, 2.45) is 0 Å². The minimum absolute atomic E-state index is 0.0491. The summed E-state index contributed by atoms with van der Waals surface area (Å²) in [6, 6.07) is 6.28. The van der Waals surface area contributed by atoms with Crippen LogP contribution >= 0.6 is 0 Å². The van der Waals surface area contributed by atoms with Gasteiger partial charge in [0.25, 0.3) is 12.0 Å². The normalized spacial score (nSPS) is 14.4. The lowest BCUT2D eigenvalue weighted by Crippen LogP contribution is -2.41. The van der Waals surface area contributed by atoms with Gasteiger partial charge in [0, 0.05) is 24.2 Å². The highest BCUT2D eigenvalue weighted by Gasteiger charge is 2.29. The van der Waals surface area contributed by atoms with Gasteiger partial charge in [-0.15, -0.1) is 0 Å². The van der Waals surface area contributed by atoms with E-state index in [0.717, 1.165) is 5.69 Å². The zero-order valence-corrected chi connectivity index (χ0v) is 15.6. The maximum atomic E-state index is 13.2. The maximum Gasteiger partial charge on any atom is 0.410 e. The van der Waals surface area contributed by atoms with Crippen LogP contribution in [0.2, 0.25) is 0 Å². The van der Waals surface area contributed by atoms with Crippen LogP contribution in [-0.4, -0.2) is 32.9 Å². The van der Waals surface area contributed by atoms with Crippen molar-refractivity contribution in [3.8, 4) is 0 Å². The van der Waals surface area contributed by atoms with Crippen molar-refractivity contribution in [3.63, 3.8) is 0 Å². The molecular weight excluding hydrogens is 356 g/mol. The summed E-state index contributed by atoms with van der Waals surface area (Å²) in [4.78, 5) is 26.1. The minimum Gasteiger partial charge on any atom is -0.444 e. The number of benzene rings is 1. The molecule has 0 unspecified atom stereocenters. The van der Waals surface area contributed by atoms with Gasteiger partial charge < -0.3 is 9.64 Å². The van der Waals surface area contributed by atoms with Crippen molar-refractivity contribution in [1.82, 2.24) is 14.7 Å². The number of aromatic amines is 1. The molecular formula is C19H23F2N3O3. The molecule has 0 saturated carbocycles. The molecule has 0 fully saturated rings. The van der Waals surface area contributed by atoms with E-state index in [1.54, 1.807) is 43.7 Å². The van der Waals surface area contributed by atoms with Gasteiger partial charge in [0.05, 0.1) is 18.7 Å². The summed E-state index contributed by atoms with van der Waals surface area (Å²) in [5, 5.41) is 2.71. The van der Waals surface area contributed by atoms with E-state index in [9.17, 15) is 18.4 Å². The van der Waals surface area contributed by atoms with Gasteiger partial charge in [-0.2, -0.15) is 0 Å². The summed E-state index contributed by atoms with van der Waals surface area (Å²) in [6.45, 7) is 6.04. The van der Waals surface area contributed by atoms with Gasteiger partial charge in [-0.3, -0.25) is 14.6 Å². The molecule has 2 heterocycles. The first-order valence-corrected chi connectivity index (χ1v) is 8.80. The number of hydrogen-bond acceptors (Lipinski definition) is 3. The highest BCUT2D eigenvalue weighted by molar-refractivity contribution is 5.68. The Morgan fingerprint density at radius 3 is 2.67 bits per heavy atom. The summed E-state index contributed by atoms with van der Waals surface area (Å²) in [5.41, 5.74) is 0.690. The smallest absolute Gasteiger partial charge is 0.410 e. The van der Waals surface area contributed by atoms with E-state index >= 15 is 0 Å². The van der Waals surface area contributed by atoms with Gasteiger partial charge in [-0.1, -0.05) is 24.3 Å². The number of aromatic nitrogens is 2. The number of rotatable bonds is 3. The Hall–Kier alpha value is -2.64. The van der Waals surface area contributed by atoms with E-state index in [0.29, 0.717) is 24.1 Å². The lowest BCUT2D eigenvalue weighted by molar-refractivity contribution is 0.0222. The number of halogens is 2. The van der Waals surface area contributed by atoms with Crippen molar-refractivity contribution in [2.75, 3.05) is 6.54 Å². The van der Waals surface area contributed by atoms with E-state index in [-0.39, 0.29) is 24.2 Å². The monoisotopic (exact) mass is 379 g/mol. The number of hydrogen-bond donors (Lipinski definition) is 1. The first kappa shape index (κ1) is 19.1. The summed E-state index contributed by atoms with van der Waals surface area (Å²) < 4.78 is 33.4. The molecule has 27 heavy (non-hydrogen) atoms. The molecule has 0 aliphatic carbocycles. The third-order valence-electron chi connectivity index (χ3n) is 4.42. The molecule has 0 saturated heterocycles. The van der Waals surface area contributed by atoms with Crippen LogP contribution in [-0.2, 0) is 24.2 Å². The molecule has 0 bridgehead atoms. The van der Waals surface area contributed by atoms with Crippen LogP contribution in [0.4, 0.5) is 13.6 Å². The molecule has 1 aromatic carbocycles. The molecule has 1 N–H and O–H groups in total. The second kappa shape index (κ2) is 7.17. The standard InChI is InChI=1S/C19H23F2N3O3/c1-19(2,3)27-18(26)23-9-8-15-14(11-23)17(25)22-24(15)10-12-6-4-5-7-13(12)16(20)21/h4-7,16H,8-11H2,1-3H3,(H,22,25). The van der Waals surface area contributed by atoms with Crippen LogP contribution in [0.25, 0.3) is 0 Å². The van der Waals surface area contributed by atoms with E-state index in [1.165, 1.54) is 11.0 Å². The van der Waals surface area contributed by atoms with E-state index in [2.05, 4.69) is 5.10 Å². The zero-order valence-electron chi connectivity index (χ0n) is 15.6. The SMILES string of the molecule is CC(C)(C)OC(=O)N1CCc2c(c(=O)[nH]n2Cc2ccccc2C(F)F)C1. The van der Waals surface area contributed by atoms with E-state index < -0.39 is 18.1 Å². The number of amides is 1. The number of nitrogens with zero attached hydrogens (tertiary/aromatic N) is 2. The van der Waals surface area contributed by atoms with Crippen molar-refractivity contribution >= 4 is 6.09 Å². The fourth-order valence-corrected chi connectivity index (χ4v) is 3.19. The van der Waals surface area contributed by atoms with Crippen LogP contribution in [0.3, 0.4) is 0 Å². The zero-order chi connectivity index (χ0) is 19.8. The van der Waals surface area contributed by atoms with Gasteiger partial charge >= 0.3 is 6.09 Å². The number of nitrogens with one attached hydrogen (secondary N) is 1. The predicted octanol–water partition coefficient (Wildman–Crippen LogP) is 3.46. The molecule has 3 rings (SSSR count). The molecule has 146 valence electrons. The second-order valence-corrected chi connectivity index (χ2v) is 7.60. The molecule has 0 spiro atoms. The molecule has 1 aliphatic heterocycles. The summed E-state index contributed by atoms with van der Waals surface area (Å²) in [7, 11) is 0. The number of ether oxygens (including phenoxy) is 1. The van der Waals surface area contributed by atoms with Crippen molar-refractivity contribution in [1.29, 1.82) is 0 Å². The number of H-pyrrole nitrogens is 1. The quantitative estimate of drug-likeness (QED) is 0.888. The number of carbonyl (C=O) groups is 1. The Morgan fingerprint density at radius 1 is 1.30 bits per heavy atom. The largest absolute Gasteiger partial charge is 0.444 e. The van der Waals surface area contributed by atoms with Gasteiger partial charge in [-0.05, 0) is 26.3 Å². The molecule has 0 radical (unpaired) electrons. The van der Waals surface area contributed by atoms with Crippen molar-refractivity contribution < 1.29 is 18.3 Å². The van der Waals surface area contributed by atoms with Gasteiger partial charge in [0.1, 0.15) is 5.60 Å². The number of fused-ring (bicyclic) bond motifs is 1.